The molecular formula is C12H16ClNO3. The standard InChI is InChI=1S/C12H16ClNO3/c13-10-1-2-11(15)9(5-10)6-14-7-12(16)3-4-17-8-12/h1-2,5,14-16H,3-4,6-8H2. The van der Waals surface area contributed by atoms with E-state index in [9.17, 15) is 10.2 Å². The fourth-order valence-electron chi connectivity index (χ4n) is 1.86. The highest BCUT2D eigenvalue weighted by atomic mass is 35.5. The maximum atomic E-state index is 10.0. The number of hydrogen-bond donors (Lipinski definition) is 3. The highest BCUT2D eigenvalue weighted by Crippen LogP contribution is 2.22. The molecule has 94 valence electrons. The minimum atomic E-state index is -0.784. The van der Waals surface area contributed by atoms with Gasteiger partial charge in [0.2, 0.25) is 0 Å². The van der Waals surface area contributed by atoms with E-state index in [1.165, 1.54) is 0 Å². The molecule has 0 aliphatic carbocycles. The van der Waals surface area contributed by atoms with Gasteiger partial charge in [-0.25, -0.2) is 0 Å². The average molecular weight is 258 g/mol. The molecule has 1 aromatic rings. The fraction of sp³-hybridized carbons (Fsp3) is 0.500. The molecule has 1 aromatic carbocycles. The van der Waals surface area contributed by atoms with E-state index in [4.69, 9.17) is 16.3 Å². The highest BCUT2D eigenvalue weighted by molar-refractivity contribution is 6.30. The summed E-state index contributed by atoms with van der Waals surface area (Å²) in [5.41, 5.74) is -0.0613. The van der Waals surface area contributed by atoms with Crippen molar-refractivity contribution < 1.29 is 14.9 Å². The molecule has 0 spiro atoms. The summed E-state index contributed by atoms with van der Waals surface area (Å²) in [6.45, 7) is 1.87. The van der Waals surface area contributed by atoms with E-state index in [-0.39, 0.29) is 5.75 Å². The van der Waals surface area contributed by atoms with E-state index in [2.05, 4.69) is 5.32 Å². The zero-order valence-electron chi connectivity index (χ0n) is 9.45. The fourth-order valence-corrected chi connectivity index (χ4v) is 2.06. The van der Waals surface area contributed by atoms with Crippen molar-refractivity contribution in [3.8, 4) is 5.75 Å². The maximum Gasteiger partial charge on any atom is 0.120 e. The summed E-state index contributed by atoms with van der Waals surface area (Å²) in [7, 11) is 0. The number of nitrogens with one attached hydrogen (secondary N) is 1. The van der Waals surface area contributed by atoms with Gasteiger partial charge in [0.15, 0.2) is 0 Å². The van der Waals surface area contributed by atoms with Crippen molar-refractivity contribution in [2.75, 3.05) is 19.8 Å². The van der Waals surface area contributed by atoms with E-state index in [0.717, 1.165) is 5.56 Å². The first-order valence-electron chi connectivity index (χ1n) is 5.57. The summed E-state index contributed by atoms with van der Waals surface area (Å²) in [6, 6.07) is 4.91. The SMILES string of the molecule is Oc1ccc(Cl)cc1CNCC1(O)CCOC1. The van der Waals surface area contributed by atoms with Crippen LogP contribution in [0.1, 0.15) is 12.0 Å². The highest BCUT2D eigenvalue weighted by Gasteiger charge is 2.31. The Labute approximate surface area is 105 Å². The van der Waals surface area contributed by atoms with Crippen molar-refractivity contribution >= 4 is 11.6 Å². The van der Waals surface area contributed by atoms with Crippen LogP contribution in [0.2, 0.25) is 5.02 Å². The Morgan fingerprint density at radius 2 is 2.29 bits per heavy atom. The van der Waals surface area contributed by atoms with Crippen molar-refractivity contribution in [1.82, 2.24) is 5.32 Å². The topological polar surface area (TPSA) is 61.7 Å². The van der Waals surface area contributed by atoms with E-state index < -0.39 is 5.60 Å². The van der Waals surface area contributed by atoms with Crippen molar-refractivity contribution in [2.24, 2.45) is 0 Å². The molecule has 3 N–H and O–H groups in total. The number of phenols is 1. The van der Waals surface area contributed by atoms with Crippen LogP contribution < -0.4 is 5.32 Å². The van der Waals surface area contributed by atoms with Crippen LogP contribution in [0.15, 0.2) is 18.2 Å². The van der Waals surface area contributed by atoms with Gasteiger partial charge in [-0.1, -0.05) is 11.6 Å². The molecular weight excluding hydrogens is 242 g/mol. The molecule has 4 nitrogen and oxygen atoms in total. The predicted molar refractivity (Wildman–Crippen MR) is 65.2 cm³/mol. The molecule has 0 saturated carbocycles. The summed E-state index contributed by atoms with van der Waals surface area (Å²) < 4.78 is 5.15. The van der Waals surface area contributed by atoms with Crippen LogP contribution in [0.25, 0.3) is 0 Å². The zero-order chi connectivity index (χ0) is 12.3. The second-order valence-electron chi connectivity index (χ2n) is 4.40. The third-order valence-corrected chi connectivity index (χ3v) is 3.13. The molecule has 0 bridgehead atoms. The molecule has 1 atom stereocenters. The third kappa shape index (κ3) is 3.33. The second kappa shape index (κ2) is 5.23. The minimum absolute atomic E-state index is 0.205. The lowest BCUT2D eigenvalue weighted by atomic mass is 10.0. The van der Waals surface area contributed by atoms with E-state index in [1.807, 2.05) is 0 Å². The van der Waals surface area contributed by atoms with Gasteiger partial charge >= 0.3 is 0 Å². The van der Waals surface area contributed by atoms with Gasteiger partial charge in [-0.15, -0.1) is 0 Å². The molecule has 17 heavy (non-hydrogen) atoms. The number of hydrogen-bond acceptors (Lipinski definition) is 4. The third-order valence-electron chi connectivity index (χ3n) is 2.89. The van der Waals surface area contributed by atoms with Gasteiger partial charge in [-0.3, -0.25) is 0 Å². The second-order valence-corrected chi connectivity index (χ2v) is 4.84. The van der Waals surface area contributed by atoms with Crippen LogP contribution in [0, 0.1) is 0 Å². The van der Waals surface area contributed by atoms with Gasteiger partial charge < -0.3 is 20.3 Å². The van der Waals surface area contributed by atoms with Gasteiger partial charge in [0.05, 0.1) is 6.61 Å². The van der Waals surface area contributed by atoms with E-state index >= 15 is 0 Å². The molecule has 5 heteroatoms. The largest absolute Gasteiger partial charge is 0.508 e. The van der Waals surface area contributed by atoms with Crippen LogP contribution in [0.4, 0.5) is 0 Å². The number of rotatable bonds is 4. The zero-order valence-corrected chi connectivity index (χ0v) is 10.2. The summed E-state index contributed by atoms with van der Waals surface area (Å²) in [6.07, 6.45) is 0.640. The lowest BCUT2D eigenvalue weighted by Crippen LogP contribution is -2.40. The monoisotopic (exact) mass is 257 g/mol. The predicted octanol–water partition coefficient (Wildman–Crippen LogP) is 1.29. The van der Waals surface area contributed by atoms with Crippen LogP contribution >= 0.6 is 11.6 Å². The molecule has 2 rings (SSSR count). The number of aromatic hydroxyl groups is 1. The van der Waals surface area contributed by atoms with Crippen molar-refractivity contribution in [1.29, 1.82) is 0 Å². The number of aliphatic hydroxyl groups is 1. The van der Waals surface area contributed by atoms with Crippen molar-refractivity contribution in [3.63, 3.8) is 0 Å². The lowest BCUT2D eigenvalue weighted by Gasteiger charge is -2.20. The number of benzene rings is 1. The van der Waals surface area contributed by atoms with Crippen LogP contribution in [-0.4, -0.2) is 35.6 Å². The normalized spacial score (nSPS) is 24.1. The van der Waals surface area contributed by atoms with E-state index in [1.54, 1.807) is 18.2 Å². The van der Waals surface area contributed by atoms with Crippen LogP contribution in [0.5, 0.6) is 5.75 Å². The lowest BCUT2D eigenvalue weighted by molar-refractivity contribution is 0.0268. The van der Waals surface area contributed by atoms with E-state index in [0.29, 0.717) is 37.7 Å². The molecule has 0 amide bonds. The Balaban J connectivity index is 1.87. The Bertz CT molecular complexity index is 391. The van der Waals surface area contributed by atoms with Crippen LogP contribution in [0.3, 0.4) is 0 Å². The molecule has 1 fully saturated rings. The van der Waals surface area contributed by atoms with Crippen molar-refractivity contribution in [3.05, 3.63) is 28.8 Å². The maximum absolute atomic E-state index is 10.0. The summed E-state index contributed by atoms with van der Waals surface area (Å²) in [5.74, 6) is 0.205. The summed E-state index contributed by atoms with van der Waals surface area (Å²) in [5, 5.41) is 23.3. The molecule has 0 aromatic heterocycles. The summed E-state index contributed by atoms with van der Waals surface area (Å²) >= 11 is 5.84. The van der Waals surface area contributed by atoms with Gasteiger partial charge in [-0.2, -0.15) is 0 Å². The van der Waals surface area contributed by atoms with Gasteiger partial charge in [0.1, 0.15) is 11.4 Å². The number of phenolic OH excluding ortho intramolecular Hbond substituents is 1. The van der Waals surface area contributed by atoms with Gasteiger partial charge in [-0.05, 0) is 18.2 Å². The van der Waals surface area contributed by atoms with Gasteiger partial charge in [0.25, 0.3) is 0 Å². The first-order chi connectivity index (χ1) is 8.09. The Morgan fingerprint density at radius 3 is 3.00 bits per heavy atom. The smallest absolute Gasteiger partial charge is 0.120 e. The summed E-state index contributed by atoms with van der Waals surface area (Å²) in [4.78, 5) is 0. The molecule has 1 heterocycles. The molecule has 1 aliphatic rings. The first kappa shape index (κ1) is 12.6. The Morgan fingerprint density at radius 1 is 1.47 bits per heavy atom. The molecule has 0 radical (unpaired) electrons. The molecule has 1 aliphatic heterocycles. The minimum Gasteiger partial charge on any atom is -0.508 e. The number of halogens is 1. The average Bonchev–Trinajstić information content (AvgIpc) is 2.71. The van der Waals surface area contributed by atoms with Crippen LogP contribution in [-0.2, 0) is 11.3 Å². The first-order valence-corrected chi connectivity index (χ1v) is 5.95. The van der Waals surface area contributed by atoms with Gasteiger partial charge in [0, 0.05) is 36.7 Å². The number of ether oxygens (including phenoxy) is 1. The quantitative estimate of drug-likeness (QED) is 0.761. The Hall–Kier alpha value is -0.810. The molecule has 1 saturated heterocycles. The Kier molecular flexibility index (Phi) is 3.89. The molecule has 1 unspecified atom stereocenters. The van der Waals surface area contributed by atoms with Crippen molar-refractivity contribution in [2.45, 2.75) is 18.6 Å².